The SMILES string of the molecule is COC[C@H]1[C@@H](C)OC(=O)N1c1noc2c(F)c(N3CCO[C@H](C)C3)c(C=O)cc12. The standard InChI is InChI=1S/C19H22FN3O6/c1-10-7-22(4-5-27-10)16-12(8-24)6-13-17(15(16)20)29-21-18(13)23-14(9-26-3)11(2)28-19(23)25/h6,8,10-11,14H,4-5,7,9H2,1-3H3/t10-,11-,14+/m1/s1. The molecule has 1 aromatic carbocycles. The molecule has 0 spiro atoms. The fourth-order valence-electron chi connectivity index (χ4n) is 3.91. The summed E-state index contributed by atoms with van der Waals surface area (Å²) in [6, 6.07) is 1.04. The van der Waals surface area contributed by atoms with Crippen LogP contribution in [0.4, 0.5) is 20.7 Å². The Labute approximate surface area is 166 Å². The molecule has 0 N–H and O–H groups in total. The van der Waals surface area contributed by atoms with Gasteiger partial charge in [-0.15, -0.1) is 0 Å². The third-order valence-electron chi connectivity index (χ3n) is 5.30. The number of benzene rings is 1. The van der Waals surface area contributed by atoms with Crippen LogP contribution in [0.15, 0.2) is 10.6 Å². The van der Waals surface area contributed by atoms with Gasteiger partial charge in [-0.1, -0.05) is 5.16 Å². The van der Waals surface area contributed by atoms with Crippen LogP contribution in [0.5, 0.6) is 0 Å². The van der Waals surface area contributed by atoms with Gasteiger partial charge in [-0.3, -0.25) is 4.79 Å². The highest BCUT2D eigenvalue weighted by Gasteiger charge is 2.43. The van der Waals surface area contributed by atoms with Gasteiger partial charge in [0.15, 0.2) is 17.9 Å². The van der Waals surface area contributed by atoms with Gasteiger partial charge in [-0.05, 0) is 19.9 Å². The number of carbonyl (C=O) groups excluding carboxylic acids is 2. The molecule has 2 aliphatic heterocycles. The molecular formula is C19H22FN3O6. The van der Waals surface area contributed by atoms with Crippen molar-refractivity contribution in [3.8, 4) is 0 Å². The number of rotatable bonds is 5. The van der Waals surface area contributed by atoms with E-state index in [1.165, 1.54) is 18.1 Å². The van der Waals surface area contributed by atoms with Crippen LogP contribution in [0.25, 0.3) is 11.0 Å². The highest BCUT2D eigenvalue weighted by Crippen LogP contribution is 2.38. The largest absolute Gasteiger partial charge is 0.444 e. The van der Waals surface area contributed by atoms with Crippen molar-refractivity contribution in [2.24, 2.45) is 0 Å². The van der Waals surface area contributed by atoms with Gasteiger partial charge in [-0.2, -0.15) is 0 Å². The predicted octanol–water partition coefficient (Wildman–Crippen LogP) is 2.36. The molecule has 156 valence electrons. The fourth-order valence-corrected chi connectivity index (χ4v) is 3.91. The van der Waals surface area contributed by atoms with Crippen LogP contribution in [0.2, 0.25) is 0 Å². The second kappa shape index (κ2) is 7.60. The van der Waals surface area contributed by atoms with Crippen LogP contribution in [-0.4, -0.2) is 69.2 Å². The number of ether oxygens (including phenoxy) is 3. The lowest BCUT2D eigenvalue weighted by Crippen LogP contribution is -2.42. The van der Waals surface area contributed by atoms with Crippen molar-refractivity contribution in [3.05, 3.63) is 17.4 Å². The molecule has 1 amide bonds. The Balaban J connectivity index is 1.82. The highest BCUT2D eigenvalue weighted by atomic mass is 19.1. The first kappa shape index (κ1) is 19.6. The summed E-state index contributed by atoms with van der Waals surface area (Å²) in [6.45, 7) is 5.13. The number of nitrogens with zero attached hydrogens (tertiary/aromatic N) is 3. The molecule has 0 unspecified atom stereocenters. The van der Waals surface area contributed by atoms with Gasteiger partial charge in [0, 0.05) is 25.8 Å². The summed E-state index contributed by atoms with van der Waals surface area (Å²) in [5, 5.41) is 4.15. The molecule has 0 aliphatic carbocycles. The van der Waals surface area contributed by atoms with Crippen molar-refractivity contribution >= 4 is 34.9 Å². The Morgan fingerprint density at radius 1 is 1.41 bits per heavy atom. The number of fused-ring (bicyclic) bond motifs is 1. The van der Waals surface area contributed by atoms with Crippen LogP contribution in [-0.2, 0) is 14.2 Å². The Morgan fingerprint density at radius 2 is 2.21 bits per heavy atom. The van der Waals surface area contributed by atoms with Crippen molar-refractivity contribution in [2.75, 3.05) is 43.2 Å². The van der Waals surface area contributed by atoms with E-state index in [1.807, 2.05) is 6.92 Å². The number of aldehydes is 1. The van der Waals surface area contributed by atoms with Crippen LogP contribution in [0.3, 0.4) is 0 Å². The van der Waals surface area contributed by atoms with Gasteiger partial charge in [-0.25, -0.2) is 14.1 Å². The van der Waals surface area contributed by atoms with E-state index in [0.717, 1.165) is 0 Å². The first-order valence-electron chi connectivity index (χ1n) is 9.38. The maximum atomic E-state index is 15.4. The second-order valence-corrected chi connectivity index (χ2v) is 7.24. The molecule has 2 fully saturated rings. The van der Waals surface area contributed by atoms with E-state index in [2.05, 4.69) is 5.16 Å². The molecule has 0 saturated carbocycles. The molecule has 3 atom stereocenters. The van der Waals surface area contributed by atoms with Crippen molar-refractivity contribution in [3.63, 3.8) is 0 Å². The lowest BCUT2D eigenvalue weighted by atomic mass is 10.1. The van der Waals surface area contributed by atoms with E-state index in [0.29, 0.717) is 26.0 Å². The summed E-state index contributed by atoms with van der Waals surface area (Å²) in [5.74, 6) is -0.596. The molecule has 4 rings (SSSR count). The normalized spacial score (nSPS) is 25.0. The average Bonchev–Trinajstić information content (AvgIpc) is 3.22. The highest BCUT2D eigenvalue weighted by molar-refractivity contribution is 6.03. The van der Waals surface area contributed by atoms with E-state index in [4.69, 9.17) is 18.7 Å². The van der Waals surface area contributed by atoms with Crippen molar-refractivity contribution in [1.82, 2.24) is 5.16 Å². The molecule has 2 aromatic rings. The summed E-state index contributed by atoms with van der Waals surface area (Å²) < 4.78 is 36.6. The van der Waals surface area contributed by atoms with Crippen LogP contribution in [0.1, 0.15) is 24.2 Å². The minimum absolute atomic E-state index is 0.0975. The van der Waals surface area contributed by atoms with Gasteiger partial charge in [0.2, 0.25) is 5.58 Å². The number of aromatic nitrogens is 1. The average molecular weight is 407 g/mol. The summed E-state index contributed by atoms with van der Waals surface area (Å²) in [4.78, 5) is 27.2. The number of morpholine rings is 1. The Hall–Kier alpha value is -2.72. The Morgan fingerprint density at radius 3 is 2.90 bits per heavy atom. The molecule has 3 heterocycles. The number of cyclic esters (lactones) is 1. The van der Waals surface area contributed by atoms with E-state index >= 15 is 4.39 Å². The Bertz CT molecular complexity index is 948. The molecule has 0 bridgehead atoms. The van der Waals surface area contributed by atoms with Gasteiger partial charge in [0.25, 0.3) is 0 Å². The minimum atomic E-state index is -0.693. The van der Waals surface area contributed by atoms with Crippen LogP contribution < -0.4 is 9.80 Å². The first-order chi connectivity index (χ1) is 14.0. The molecule has 9 nitrogen and oxygen atoms in total. The third-order valence-corrected chi connectivity index (χ3v) is 5.30. The number of carbonyl (C=O) groups is 2. The minimum Gasteiger partial charge on any atom is -0.444 e. The second-order valence-electron chi connectivity index (χ2n) is 7.24. The van der Waals surface area contributed by atoms with Gasteiger partial charge in [0.05, 0.1) is 30.4 Å². The third kappa shape index (κ3) is 3.22. The number of amides is 1. The first-order valence-corrected chi connectivity index (χ1v) is 9.38. The van der Waals surface area contributed by atoms with Gasteiger partial charge in [0.1, 0.15) is 12.1 Å². The maximum Gasteiger partial charge on any atom is 0.416 e. The molecule has 0 radical (unpaired) electrons. The number of methoxy groups -OCH3 is 1. The fraction of sp³-hybridized carbons (Fsp3) is 0.526. The number of hydrogen-bond donors (Lipinski definition) is 0. The molecule has 10 heteroatoms. The van der Waals surface area contributed by atoms with Crippen molar-refractivity contribution < 1.29 is 32.7 Å². The van der Waals surface area contributed by atoms with E-state index in [1.54, 1.807) is 11.8 Å². The lowest BCUT2D eigenvalue weighted by Gasteiger charge is -2.33. The zero-order valence-electron chi connectivity index (χ0n) is 16.4. The van der Waals surface area contributed by atoms with E-state index < -0.39 is 24.1 Å². The van der Waals surface area contributed by atoms with Crippen molar-refractivity contribution in [2.45, 2.75) is 32.1 Å². The number of hydrogen-bond acceptors (Lipinski definition) is 8. The molecule has 2 aliphatic rings. The van der Waals surface area contributed by atoms with E-state index in [-0.39, 0.29) is 40.7 Å². The summed E-state index contributed by atoms with van der Waals surface area (Å²) in [6.07, 6.45) is -0.585. The smallest absolute Gasteiger partial charge is 0.416 e. The quantitative estimate of drug-likeness (QED) is 0.698. The zero-order valence-corrected chi connectivity index (χ0v) is 16.4. The lowest BCUT2D eigenvalue weighted by molar-refractivity contribution is 0.0529. The summed E-state index contributed by atoms with van der Waals surface area (Å²) >= 11 is 0. The number of anilines is 2. The molecule has 2 saturated heterocycles. The summed E-state index contributed by atoms with van der Waals surface area (Å²) in [5.41, 5.74) is 0.178. The van der Waals surface area contributed by atoms with E-state index in [9.17, 15) is 9.59 Å². The van der Waals surface area contributed by atoms with Crippen LogP contribution >= 0.6 is 0 Å². The number of halogens is 1. The monoisotopic (exact) mass is 407 g/mol. The topological polar surface area (TPSA) is 94.3 Å². The molecule has 1 aromatic heterocycles. The predicted molar refractivity (Wildman–Crippen MR) is 101 cm³/mol. The van der Waals surface area contributed by atoms with Crippen molar-refractivity contribution in [1.29, 1.82) is 0 Å². The zero-order chi connectivity index (χ0) is 20.7. The van der Waals surface area contributed by atoms with Crippen LogP contribution in [0, 0.1) is 5.82 Å². The Kier molecular flexibility index (Phi) is 5.13. The maximum absolute atomic E-state index is 15.4. The van der Waals surface area contributed by atoms with Gasteiger partial charge >= 0.3 is 6.09 Å². The molecule has 29 heavy (non-hydrogen) atoms. The summed E-state index contributed by atoms with van der Waals surface area (Å²) in [7, 11) is 1.51. The van der Waals surface area contributed by atoms with Gasteiger partial charge < -0.3 is 23.6 Å². The molecular weight excluding hydrogens is 385 g/mol.